The van der Waals surface area contributed by atoms with Gasteiger partial charge >= 0.3 is 0 Å². The molecule has 0 unspecified atom stereocenters. The van der Waals surface area contributed by atoms with Crippen molar-refractivity contribution in [3.8, 4) is 5.69 Å². The predicted octanol–water partition coefficient (Wildman–Crippen LogP) is 3.94. The van der Waals surface area contributed by atoms with E-state index in [2.05, 4.69) is 12.0 Å². The van der Waals surface area contributed by atoms with Gasteiger partial charge in [-0.2, -0.15) is 5.10 Å². The molecular formula is C22H29ClN4O2. The topological polar surface area (TPSA) is 58.4 Å². The van der Waals surface area contributed by atoms with Gasteiger partial charge in [-0.1, -0.05) is 31.0 Å². The molecule has 0 radical (unpaired) electrons. The molecule has 2 aromatic rings. The highest BCUT2D eigenvalue weighted by Gasteiger charge is 2.30. The summed E-state index contributed by atoms with van der Waals surface area (Å²) in [6, 6.07) is 7.40. The molecule has 0 saturated carbocycles. The van der Waals surface area contributed by atoms with Crippen LogP contribution in [0.15, 0.2) is 30.5 Å². The smallest absolute Gasteiger partial charge is 0.257 e. The lowest BCUT2D eigenvalue weighted by atomic mass is 9.95. The fraction of sp³-hybridized carbons (Fsp3) is 0.500. The zero-order valence-electron chi connectivity index (χ0n) is 17.4. The van der Waals surface area contributed by atoms with Crippen LogP contribution in [0.5, 0.6) is 0 Å². The van der Waals surface area contributed by atoms with Crippen LogP contribution in [0.2, 0.25) is 5.02 Å². The predicted molar refractivity (Wildman–Crippen MR) is 114 cm³/mol. The van der Waals surface area contributed by atoms with Gasteiger partial charge in [0.1, 0.15) is 0 Å². The summed E-state index contributed by atoms with van der Waals surface area (Å²) in [6.45, 7) is 6.01. The summed E-state index contributed by atoms with van der Waals surface area (Å²) in [4.78, 5) is 29.3. The summed E-state index contributed by atoms with van der Waals surface area (Å²) in [7, 11) is 1.88. The number of amides is 2. The van der Waals surface area contributed by atoms with Crippen LogP contribution < -0.4 is 0 Å². The van der Waals surface area contributed by atoms with Gasteiger partial charge in [0.2, 0.25) is 5.91 Å². The molecule has 0 bridgehead atoms. The van der Waals surface area contributed by atoms with Gasteiger partial charge in [-0.15, -0.1) is 0 Å². The minimum Gasteiger partial charge on any atom is -0.346 e. The number of hydrogen-bond donors (Lipinski definition) is 0. The number of aromatic nitrogens is 2. The SMILES string of the molecule is CCCCN(C)C(=O)C1CCN(C(=O)c2cnn(-c3cccc(Cl)c3)c2C)CC1. The fourth-order valence-corrected chi connectivity index (χ4v) is 3.99. The third-order valence-electron chi connectivity index (χ3n) is 5.65. The first kappa shape index (κ1) is 21.4. The number of benzene rings is 1. The molecule has 156 valence electrons. The first-order valence-electron chi connectivity index (χ1n) is 10.3. The van der Waals surface area contributed by atoms with E-state index in [1.807, 2.05) is 42.0 Å². The molecule has 0 atom stereocenters. The number of carbonyl (C=O) groups is 2. The largest absolute Gasteiger partial charge is 0.346 e. The highest BCUT2D eigenvalue weighted by atomic mass is 35.5. The molecule has 0 aliphatic carbocycles. The van der Waals surface area contributed by atoms with Crippen LogP contribution in [-0.2, 0) is 4.79 Å². The molecule has 1 aliphatic heterocycles. The molecule has 0 spiro atoms. The second-order valence-electron chi connectivity index (χ2n) is 7.72. The average molecular weight is 417 g/mol. The highest BCUT2D eigenvalue weighted by molar-refractivity contribution is 6.30. The second kappa shape index (κ2) is 9.44. The van der Waals surface area contributed by atoms with Crippen molar-refractivity contribution in [3.05, 3.63) is 46.7 Å². The summed E-state index contributed by atoms with van der Waals surface area (Å²) in [6.07, 6.45) is 5.14. The molecule has 2 amide bonds. The van der Waals surface area contributed by atoms with Crippen LogP contribution in [0.3, 0.4) is 0 Å². The van der Waals surface area contributed by atoms with Crippen LogP contribution in [-0.4, -0.2) is 58.1 Å². The molecule has 1 aromatic heterocycles. The van der Waals surface area contributed by atoms with Crippen molar-refractivity contribution >= 4 is 23.4 Å². The minimum atomic E-state index is -0.0268. The zero-order chi connectivity index (χ0) is 21.0. The van der Waals surface area contributed by atoms with E-state index in [0.717, 1.165) is 30.8 Å². The Bertz CT molecular complexity index is 871. The van der Waals surface area contributed by atoms with Crippen molar-refractivity contribution in [2.45, 2.75) is 39.5 Å². The highest BCUT2D eigenvalue weighted by Crippen LogP contribution is 2.23. The van der Waals surface area contributed by atoms with E-state index in [0.29, 0.717) is 36.5 Å². The molecule has 1 saturated heterocycles. The van der Waals surface area contributed by atoms with Crippen LogP contribution in [0, 0.1) is 12.8 Å². The Kier molecular flexibility index (Phi) is 6.96. The van der Waals surface area contributed by atoms with Crippen molar-refractivity contribution < 1.29 is 9.59 Å². The van der Waals surface area contributed by atoms with Gasteiger partial charge in [0.05, 0.1) is 23.1 Å². The number of nitrogens with zero attached hydrogens (tertiary/aromatic N) is 4. The minimum absolute atomic E-state index is 0.0104. The van der Waals surface area contributed by atoms with Crippen molar-refractivity contribution in [3.63, 3.8) is 0 Å². The Labute approximate surface area is 177 Å². The number of carbonyl (C=O) groups excluding carboxylic acids is 2. The molecule has 1 fully saturated rings. The van der Waals surface area contributed by atoms with E-state index in [1.54, 1.807) is 16.9 Å². The summed E-state index contributed by atoms with van der Waals surface area (Å²) in [5.41, 5.74) is 2.21. The van der Waals surface area contributed by atoms with E-state index < -0.39 is 0 Å². The Morgan fingerprint density at radius 1 is 1.28 bits per heavy atom. The maximum atomic E-state index is 13.0. The Hall–Kier alpha value is -2.34. The first-order valence-corrected chi connectivity index (χ1v) is 10.6. The monoisotopic (exact) mass is 416 g/mol. The number of likely N-dealkylation sites (tertiary alicyclic amines) is 1. The average Bonchev–Trinajstić information content (AvgIpc) is 3.12. The summed E-state index contributed by atoms with van der Waals surface area (Å²) >= 11 is 6.08. The van der Waals surface area contributed by atoms with Crippen LogP contribution in [0.1, 0.15) is 48.7 Å². The normalized spacial score (nSPS) is 14.8. The number of halogens is 1. The molecular weight excluding hydrogens is 388 g/mol. The third-order valence-corrected chi connectivity index (χ3v) is 5.88. The van der Waals surface area contributed by atoms with Crippen LogP contribution >= 0.6 is 11.6 Å². The lowest BCUT2D eigenvalue weighted by Gasteiger charge is -2.33. The van der Waals surface area contributed by atoms with Gasteiger partial charge < -0.3 is 9.80 Å². The lowest BCUT2D eigenvalue weighted by molar-refractivity contribution is -0.135. The lowest BCUT2D eigenvalue weighted by Crippen LogP contribution is -2.43. The molecule has 2 heterocycles. The van der Waals surface area contributed by atoms with Crippen molar-refractivity contribution in [2.24, 2.45) is 5.92 Å². The summed E-state index contributed by atoms with van der Waals surface area (Å²) < 4.78 is 1.73. The van der Waals surface area contributed by atoms with E-state index in [9.17, 15) is 9.59 Å². The standard InChI is InChI=1S/C22H29ClN4O2/c1-4-5-11-25(3)21(28)17-9-12-26(13-10-17)22(29)20-15-24-27(16(20)2)19-8-6-7-18(23)14-19/h6-8,14-15,17H,4-5,9-13H2,1-3H3. The van der Waals surface area contributed by atoms with Crippen LogP contribution in [0.25, 0.3) is 5.69 Å². The zero-order valence-corrected chi connectivity index (χ0v) is 18.2. The van der Waals surface area contributed by atoms with E-state index in [1.165, 1.54) is 0 Å². The summed E-state index contributed by atoms with van der Waals surface area (Å²) in [5, 5.41) is 5.01. The number of hydrogen-bond acceptors (Lipinski definition) is 3. The van der Waals surface area contributed by atoms with Gasteiger partial charge in [-0.3, -0.25) is 9.59 Å². The quantitative estimate of drug-likeness (QED) is 0.716. The first-order chi connectivity index (χ1) is 13.9. The van der Waals surface area contributed by atoms with Crippen molar-refractivity contribution in [2.75, 3.05) is 26.7 Å². The molecule has 0 N–H and O–H groups in total. The van der Waals surface area contributed by atoms with Gasteiger partial charge in [0.15, 0.2) is 0 Å². The van der Waals surface area contributed by atoms with E-state index in [-0.39, 0.29) is 17.7 Å². The Morgan fingerprint density at radius 3 is 2.66 bits per heavy atom. The summed E-state index contributed by atoms with van der Waals surface area (Å²) in [5.74, 6) is 0.188. The number of unbranched alkanes of at least 4 members (excludes halogenated alkanes) is 1. The molecule has 6 nitrogen and oxygen atoms in total. The Balaban J connectivity index is 1.64. The number of piperidine rings is 1. The fourth-order valence-electron chi connectivity index (χ4n) is 3.80. The molecule has 1 aliphatic rings. The van der Waals surface area contributed by atoms with Crippen LogP contribution in [0.4, 0.5) is 0 Å². The van der Waals surface area contributed by atoms with E-state index in [4.69, 9.17) is 11.6 Å². The van der Waals surface area contributed by atoms with Gasteiger partial charge in [-0.25, -0.2) is 4.68 Å². The van der Waals surface area contributed by atoms with Crippen molar-refractivity contribution in [1.82, 2.24) is 19.6 Å². The van der Waals surface area contributed by atoms with Gasteiger partial charge in [0, 0.05) is 37.6 Å². The molecule has 7 heteroatoms. The van der Waals surface area contributed by atoms with Crippen molar-refractivity contribution in [1.29, 1.82) is 0 Å². The maximum absolute atomic E-state index is 13.0. The van der Waals surface area contributed by atoms with E-state index >= 15 is 0 Å². The Morgan fingerprint density at radius 2 is 2.00 bits per heavy atom. The second-order valence-corrected chi connectivity index (χ2v) is 8.15. The van der Waals surface area contributed by atoms with Gasteiger partial charge in [0.25, 0.3) is 5.91 Å². The molecule has 3 rings (SSSR count). The molecule has 29 heavy (non-hydrogen) atoms. The van der Waals surface area contributed by atoms with Gasteiger partial charge in [-0.05, 0) is 44.4 Å². The molecule has 1 aromatic carbocycles. The number of rotatable bonds is 6. The maximum Gasteiger partial charge on any atom is 0.257 e. The third kappa shape index (κ3) is 4.81.